The molecule has 2 heteroatoms. The van der Waals surface area contributed by atoms with E-state index in [1.165, 1.54) is 25.7 Å². The van der Waals surface area contributed by atoms with Crippen LogP contribution in [0.4, 0.5) is 0 Å². The van der Waals surface area contributed by atoms with E-state index in [1.807, 2.05) is 0 Å². The Balaban J connectivity index is 0.000000293. The summed E-state index contributed by atoms with van der Waals surface area (Å²) in [7, 11) is 3.25. The number of fused-ring (bicyclic) bond motifs is 3. The third-order valence-electron chi connectivity index (χ3n) is 3.54. The molecule has 1 saturated carbocycles. The van der Waals surface area contributed by atoms with Crippen LogP contribution in [0.3, 0.4) is 0 Å². The zero-order chi connectivity index (χ0) is 10.8. The van der Waals surface area contributed by atoms with Crippen LogP contribution in [0.15, 0.2) is 0 Å². The van der Waals surface area contributed by atoms with Crippen LogP contribution in [-0.2, 0) is 9.47 Å². The van der Waals surface area contributed by atoms with E-state index in [0.717, 1.165) is 5.92 Å². The topological polar surface area (TPSA) is 18.5 Å². The second-order valence-corrected chi connectivity index (χ2v) is 5.34. The molecular weight excluding hydrogens is 176 g/mol. The van der Waals surface area contributed by atoms with Gasteiger partial charge >= 0.3 is 0 Å². The molecule has 0 atom stereocenters. The summed E-state index contributed by atoms with van der Waals surface area (Å²) in [6.45, 7) is 6.76. The largest absolute Gasteiger partial charge is 0.388 e. The lowest BCUT2D eigenvalue weighted by Crippen LogP contribution is -2.53. The van der Waals surface area contributed by atoms with E-state index in [4.69, 9.17) is 4.74 Å². The molecule has 2 nitrogen and oxygen atoms in total. The molecule has 1 aliphatic carbocycles. The minimum absolute atomic E-state index is 0.158. The third-order valence-corrected chi connectivity index (χ3v) is 3.54. The lowest BCUT2D eigenvalue weighted by atomic mass is 9.69. The maximum atomic E-state index is 6.06. The maximum Gasteiger partial charge on any atom is 0.0662 e. The van der Waals surface area contributed by atoms with Gasteiger partial charge in [-0.25, -0.2) is 0 Å². The summed E-state index contributed by atoms with van der Waals surface area (Å²) < 4.78 is 10.3. The molecule has 3 fully saturated rings. The highest BCUT2D eigenvalue weighted by atomic mass is 16.5. The first kappa shape index (κ1) is 12.0. The Hall–Kier alpha value is -0.0800. The van der Waals surface area contributed by atoms with Gasteiger partial charge in [0.15, 0.2) is 0 Å². The van der Waals surface area contributed by atoms with E-state index in [9.17, 15) is 0 Å². The van der Waals surface area contributed by atoms with Gasteiger partial charge < -0.3 is 9.47 Å². The monoisotopic (exact) mass is 200 g/mol. The molecule has 14 heavy (non-hydrogen) atoms. The predicted molar refractivity (Wildman–Crippen MR) is 58.5 cm³/mol. The van der Waals surface area contributed by atoms with Crippen molar-refractivity contribution in [3.05, 3.63) is 0 Å². The summed E-state index contributed by atoms with van der Waals surface area (Å²) in [5, 5.41) is 0. The van der Waals surface area contributed by atoms with Crippen LogP contribution in [0.2, 0.25) is 0 Å². The first-order valence-electron chi connectivity index (χ1n) is 5.54. The summed E-state index contributed by atoms with van der Waals surface area (Å²) in [6, 6.07) is 0. The summed E-state index contributed by atoms with van der Waals surface area (Å²) >= 11 is 0. The van der Waals surface area contributed by atoms with Gasteiger partial charge in [0.05, 0.1) is 11.2 Å². The van der Waals surface area contributed by atoms with Crippen LogP contribution in [-0.4, -0.2) is 25.4 Å². The number of hydrogen-bond acceptors (Lipinski definition) is 2. The lowest BCUT2D eigenvalue weighted by molar-refractivity contribution is -0.229. The Morgan fingerprint density at radius 3 is 1.71 bits per heavy atom. The SMILES string of the molecule is CC12CCC(CC1)C(C)(C)O2.COC. The zero-order valence-corrected chi connectivity index (χ0v) is 10.2. The highest BCUT2D eigenvalue weighted by Crippen LogP contribution is 2.49. The van der Waals surface area contributed by atoms with Crippen LogP contribution in [0.25, 0.3) is 0 Å². The average Bonchev–Trinajstić information content (AvgIpc) is 2.02. The molecule has 2 heterocycles. The molecule has 2 saturated heterocycles. The van der Waals surface area contributed by atoms with E-state index in [0.29, 0.717) is 0 Å². The van der Waals surface area contributed by atoms with Crippen molar-refractivity contribution in [1.82, 2.24) is 0 Å². The van der Waals surface area contributed by atoms with Gasteiger partial charge in [0.1, 0.15) is 0 Å². The van der Waals surface area contributed by atoms with Crippen LogP contribution < -0.4 is 0 Å². The fourth-order valence-corrected chi connectivity index (χ4v) is 2.74. The van der Waals surface area contributed by atoms with Gasteiger partial charge in [-0.05, 0) is 52.4 Å². The minimum Gasteiger partial charge on any atom is -0.388 e. The number of rotatable bonds is 0. The van der Waals surface area contributed by atoms with Gasteiger partial charge in [-0.15, -0.1) is 0 Å². The molecular formula is C12H24O2. The summed E-state index contributed by atoms with van der Waals surface area (Å²) in [6.07, 6.45) is 5.31. The van der Waals surface area contributed by atoms with Crippen molar-refractivity contribution in [1.29, 1.82) is 0 Å². The van der Waals surface area contributed by atoms with Crippen molar-refractivity contribution in [2.24, 2.45) is 5.92 Å². The zero-order valence-electron chi connectivity index (χ0n) is 10.2. The number of hydrogen-bond donors (Lipinski definition) is 0. The van der Waals surface area contributed by atoms with Crippen LogP contribution in [0, 0.1) is 5.92 Å². The van der Waals surface area contributed by atoms with Crippen molar-refractivity contribution in [3.63, 3.8) is 0 Å². The van der Waals surface area contributed by atoms with Gasteiger partial charge in [0, 0.05) is 14.2 Å². The normalized spacial score (nSPS) is 38.8. The van der Waals surface area contributed by atoms with Crippen molar-refractivity contribution in [3.8, 4) is 0 Å². The minimum atomic E-state index is 0.158. The van der Waals surface area contributed by atoms with Crippen molar-refractivity contribution in [2.45, 2.75) is 57.7 Å². The first-order chi connectivity index (χ1) is 6.43. The van der Waals surface area contributed by atoms with E-state index in [1.54, 1.807) is 14.2 Å². The second kappa shape index (κ2) is 4.19. The second-order valence-electron chi connectivity index (χ2n) is 5.34. The van der Waals surface area contributed by atoms with Gasteiger partial charge in [0.2, 0.25) is 0 Å². The quantitative estimate of drug-likeness (QED) is 0.598. The Labute approximate surface area is 88.0 Å². The molecule has 3 rings (SSSR count). The smallest absolute Gasteiger partial charge is 0.0662 e. The van der Waals surface area contributed by atoms with Gasteiger partial charge in [-0.1, -0.05) is 0 Å². The van der Waals surface area contributed by atoms with Crippen LogP contribution in [0.5, 0.6) is 0 Å². The van der Waals surface area contributed by atoms with Crippen molar-refractivity contribution < 1.29 is 9.47 Å². The maximum absolute atomic E-state index is 6.06. The summed E-state index contributed by atoms with van der Waals surface area (Å²) in [5.74, 6) is 0.823. The van der Waals surface area contributed by atoms with Gasteiger partial charge in [-0.2, -0.15) is 0 Å². The Bertz CT molecular complexity index is 176. The Morgan fingerprint density at radius 2 is 1.50 bits per heavy atom. The number of ether oxygens (including phenoxy) is 2. The Kier molecular flexibility index (Phi) is 3.59. The fourth-order valence-electron chi connectivity index (χ4n) is 2.74. The van der Waals surface area contributed by atoms with E-state index in [2.05, 4.69) is 25.5 Å². The molecule has 2 aliphatic heterocycles. The predicted octanol–water partition coefficient (Wildman–Crippen LogP) is 3.01. The van der Waals surface area contributed by atoms with E-state index >= 15 is 0 Å². The molecule has 0 unspecified atom stereocenters. The van der Waals surface area contributed by atoms with E-state index in [-0.39, 0.29) is 11.2 Å². The molecule has 0 aromatic rings. The van der Waals surface area contributed by atoms with Gasteiger partial charge in [-0.3, -0.25) is 0 Å². The molecule has 84 valence electrons. The lowest BCUT2D eigenvalue weighted by Gasteiger charge is -2.54. The molecule has 0 N–H and O–H groups in total. The summed E-state index contributed by atoms with van der Waals surface area (Å²) in [4.78, 5) is 0. The molecule has 2 bridgehead atoms. The Morgan fingerprint density at radius 1 is 1.07 bits per heavy atom. The molecule has 0 radical (unpaired) electrons. The molecule has 3 aliphatic rings. The molecule has 0 amide bonds. The first-order valence-corrected chi connectivity index (χ1v) is 5.54. The molecule has 0 aromatic heterocycles. The highest BCUT2D eigenvalue weighted by molar-refractivity contribution is 4.97. The van der Waals surface area contributed by atoms with Gasteiger partial charge in [0.25, 0.3) is 0 Å². The number of methoxy groups -OCH3 is 1. The third kappa shape index (κ3) is 2.48. The molecule has 0 aromatic carbocycles. The highest BCUT2D eigenvalue weighted by Gasteiger charge is 2.47. The van der Waals surface area contributed by atoms with E-state index < -0.39 is 0 Å². The van der Waals surface area contributed by atoms with Crippen molar-refractivity contribution in [2.75, 3.05) is 14.2 Å². The summed E-state index contributed by atoms with van der Waals surface area (Å²) in [5.41, 5.74) is 0.378. The van der Waals surface area contributed by atoms with Crippen LogP contribution in [0.1, 0.15) is 46.5 Å². The average molecular weight is 200 g/mol. The van der Waals surface area contributed by atoms with Crippen molar-refractivity contribution >= 4 is 0 Å². The molecule has 0 spiro atoms. The fraction of sp³-hybridized carbons (Fsp3) is 1.00. The standard InChI is InChI=1S/C10H18O.C2H6O/c1-9(2)8-4-6-10(3,11-9)7-5-8;1-3-2/h8H,4-7H2,1-3H3;1-2H3. The van der Waals surface area contributed by atoms with Crippen LogP contribution >= 0.6 is 0 Å².